The van der Waals surface area contributed by atoms with Crippen LogP contribution in [0.3, 0.4) is 0 Å². The summed E-state index contributed by atoms with van der Waals surface area (Å²) < 4.78 is 5.22. The lowest BCUT2D eigenvalue weighted by molar-refractivity contribution is 0.0520. The van der Waals surface area contributed by atoms with Crippen molar-refractivity contribution in [1.82, 2.24) is 10.2 Å². The molecular formula is C16H24N2O3S. The Hall–Kier alpha value is -1.56. The van der Waals surface area contributed by atoms with E-state index in [0.29, 0.717) is 13.1 Å². The first-order valence-electron chi connectivity index (χ1n) is 7.56. The number of nitrogens with one attached hydrogen (secondary N) is 1. The molecule has 0 bridgehead atoms. The lowest BCUT2D eigenvalue weighted by Crippen LogP contribution is -2.36. The van der Waals surface area contributed by atoms with Crippen LogP contribution in [0.4, 0.5) is 4.79 Å². The van der Waals surface area contributed by atoms with Crippen LogP contribution in [0.5, 0.6) is 0 Å². The highest BCUT2D eigenvalue weighted by molar-refractivity contribution is 7.12. The first-order valence-corrected chi connectivity index (χ1v) is 8.44. The molecular weight excluding hydrogens is 300 g/mol. The third-order valence-electron chi connectivity index (χ3n) is 3.56. The smallest absolute Gasteiger partial charge is 0.407 e. The molecule has 0 aromatic carbocycles. The van der Waals surface area contributed by atoms with Crippen molar-refractivity contribution in [2.45, 2.75) is 39.7 Å². The van der Waals surface area contributed by atoms with Crippen LogP contribution in [-0.4, -0.2) is 42.1 Å². The minimum Gasteiger partial charge on any atom is -0.444 e. The van der Waals surface area contributed by atoms with Gasteiger partial charge in [-0.3, -0.25) is 4.79 Å². The number of likely N-dealkylation sites (tertiary alicyclic amines) is 1. The summed E-state index contributed by atoms with van der Waals surface area (Å²) in [6.45, 7) is 9.45. The van der Waals surface area contributed by atoms with Gasteiger partial charge in [-0.15, -0.1) is 11.3 Å². The fourth-order valence-corrected chi connectivity index (χ4v) is 3.35. The molecule has 0 aliphatic carbocycles. The third kappa shape index (κ3) is 4.47. The Morgan fingerprint density at radius 2 is 2.18 bits per heavy atom. The van der Waals surface area contributed by atoms with Crippen molar-refractivity contribution in [2.24, 2.45) is 5.92 Å². The Labute approximate surface area is 135 Å². The van der Waals surface area contributed by atoms with Crippen molar-refractivity contribution >= 4 is 23.3 Å². The van der Waals surface area contributed by atoms with Gasteiger partial charge in [-0.05, 0) is 57.0 Å². The summed E-state index contributed by atoms with van der Waals surface area (Å²) in [5.41, 5.74) is 0.545. The van der Waals surface area contributed by atoms with Crippen LogP contribution in [-0.2, 0) is 4.74 Å². The van der Waals surface area contributed by atoms with Crippen LogP contribution in [0.2, 0.25) is 0 Å². The lowest BCUT2D eigenvalue weighted by Gasteiger charge is -2.21. The van der Waals surface area contributed by atoms with Crippen molar-refractivity contribution in [3.63, 3.8) is 0 Å². The minimum atomic E-state index is -0.488. The van der Waals surface area contributed by atoms with Gasteiger partial charge in [-0.1, -0.05) is 0 Å². The van der Waals surface area contributed by atoms with E-state index >= 15 is 0 Å². The van der Waals surface area contributed by atoms with Gasteiger partial charge >= 0.3 is 6.09 Å². The second-order valence-electron chi connectivity index (χ2n) is 6.72. The zero-order valence-corrected chi connectivity index (χ0v) is 14.5. The second kappa shape index (κ2) is 6.69. The SMILES string of the molecule is Cc1ccsc1C(=O)N1CC[C@@H](CNC(=O)OC(C)(C)C)C1. The third-order valence-corrected chi connectivity index (χ3v) is 4.57. The molecule has 1 N–H and O–H groups in total. The number of thiophene rings is 1. The monoisotopic (exact) mass is 324 g/mol. The molecule has 1 aliphatic rings. The Kier molecular flexibility index (Phi) is 5.11. The quantitative estimate of drug-likeness (QED) is 0.929. The summed E-state index contributed by atoms with van der Waals surface area (Å²) in [4.78, 5) is 26.8. The van der Waals surface area contributed by atoms with Gasteiger partial charge in [-0.25, -0.2) is 4.79 Å². The average Bonchev–Trinajstić information content (AvgIpc) is 3.02. The van der Waals surface area contributed by atoms with E-state index in [2.05, 4.69) is 5.32 Å². The number of ether oxygens (including phenoxy) is 1. The molecule has 22 heavy (non-hydrogen) atoms. The van der Waals surface area contributed by atoms with Crippen molar-refractivity contribution < 1.29 is 14.3 Å². The first-order chi connectivity index (χ1) is 10.3. The molecule has 0 spiro atoms. The molecule has 2 heterocycles. The predicted molar refractivity (Wildman–Crippen MR) is 87.3 cm³/mol. The second-order valence-corrected chi connectivity index (χ2v) is 7.64. The van der Waals surface area contributed by atoms with E-state index in [4.69, 9.17) is 4.74 Å². The number of aryl methyl sites for hydroxylation is 1. The molecule has 5 nitrogen and oxygen atoms in total. The topological polar surface area (TPSA) is 58.6 Å². The molecule has 1 aromatic rings. The molecule has 1 fully saturated rings. The van der Waals surface area contributed by atoms with Crippen molar-refractivity contribution in [1.29, 1.82) is 0 Å². The maximum Gasteiger partial charge on any atom is 0.407 e. The zero-order valence-electron chi connectivity index (χ0n) is 13.6. The van der Waals surface area contributed by atoms with Crippen molar-refractivity contribution in [3.05, 3.63) is 21.9 Å². The summed E-state index contributed by atoms with van der Waals surface area (Å²) in [6.07, 6.45) is 0.512. The number of amides is 2. The Balaban J connectivity index is 1.80. The van der Waals surface area contributed by atoms with Crippen LogP contribution >= 0.6 is 11.3 Å². The number of carbonyl (C=O) groups is 2. The first kappa shape index (κ1) is 16.8. The van der Waals surface area contributed by atoms with E-state index in [1.54, 1.807) is 0 Å². The molecule has 0 saturated carbocycles. The average molecular weight is 324 g/mol. The van der Waals surface area contributed by atoms with Gasteiger partial charge in [0.15, 0.2) is 0 Å². The maximum atomic E-state index is 12.4. The van der Waals surface area contributed by atoms with Crippen LogP contribution in [0.25, 0.3) is 0 Å². The van der Waals surface area contributed by atoms with Gasteiger partial charge in [-0.2, -0.15) is 0 Å². The molecule has 6 heteroatoms. The van der Waals surface area contributed by atoms with Gasteiger partial charge < -0.3 is 15.0 Å². The van der Waals surface area contributed by atoms with E-state index in [-0.39, 0.29) is 11.8 Å². The predicted octanol–water partition coefficient (Wildman–Crippen LogP) is 3.04. The highest BCUT2D eigenvalue weighted by Gasteiger charge is 2.28. The van der Waals surface area contributed by atoms with E-state index in [1.165, 1.54) is 11.3 Å². The van der Waals surface area contributed by atoms with Crippen LogP contribution in [0.15, 0.2) is 11.4 Å². The number of alkyl carbamates (subject to hydrolysis) is 1. The van der Waals surface area contributed by atoms with Gasteiger partial charge in [0, 0.05) is 19.6 Å². The molecule has 1 aromatic heterocycles. The number of nitrogens with zero attached hydrogens (tertiary/aromatic N) is 1. The maximum absolute atomic E-state index is 12.4. The highest BCUT2D eigenvalue weighted by atomic mass is 32.1. The molecule has 1 saturated heterocycles. The molecule has 2 amide bonds. The van der Waals surface area contributed by atoms with E-state index < -0.39 is 11.7 Å². The molecule has 0 radical (unpaired) electrons. The van der Waals surface area contributed by atoms with E-state index in [1.807, 2.05) is 44.0 Å². The van der Waals surface area contributed by atoms with Gasteiger partial charge in [0.25, 0.3) is 5.91 Å². The summed E-state index contributed by atoms with van der Waals surface area (Å²) >= 11 is 1.49. The highest BCUT2D eigenvalue weighted by Crippen LogP contribution is 2.23. The summed E-state index contributed by atoms with van der Waals surface area (Å²) in [7, 11) is 0. The molecule has 1 atom stereocenters. The van der Waals surface area contributed by atoms with E-state index in [9.17, 15) is 9.59 Å². The fourth-order valence-electron chi connectivity index (χ4n) is 2.46. The lowest BCUT2D eigenvalue weighted by atomic mass is 10.1. The summed E-state index contributed by atoms with van der Waals surface area (Å²) in [6, 6.07) is 1.97. The fraction of sp³-hybridized carbons (Fsp3) is 0.625. The van der Waals surface area contributed by atoms with E-state index in [0.717, 1.165) is 23.4 Å². The normalized spacial score (nSPS) is 18.4. The van der Waals surface area contributed by atoms with Gasteiger partial charge in [0.2, 0.25) is 0 Å². The van der Waals surface area contributed by atoms with Gasteiger partial charge in [0.1, 0.15) is 5.60 Å². The largest absolute Gasteiger partial charge is 0.444 e. The Bertz CT molecular complexity index is 548. The molecule has 1 aliphatic heterocycles. The number of rotatable bonds is 3. The minimum absolute atomic E-state index is 0.104. The van der Waals surface area contributed by atoms with Crippen LogP contribution in [0.1, 0.15) is 42.4 Å². The number of hydrogen-bond acceptors (Lipinski definition) is 4. The van der Waals surface area contributed by atoms with Crippen LogP contribution < -0.4 is 5.32 Å². The Morgan fingerprint density at radius 1 is 1.45 bits per heavy atom. The molecule has 0 unspecified atom stereocenters. The molecule has 122 valence electrons. The van der Waals surface area contributed by atoms with Crippen molar-refractivity contribution in [3.8, 4) is 0 Å². The summed E-state index contributed by atoms with van der Waals surface area (Å²) in [5, 5.41) is 4.73. The standard InChI is InChI=1S/C16H24N2O3S/c1-11-6-8-22-13(11)14(19)18-7-5-12(10-18)9-17-15(20)21-16(2,3)4/h6,8,12H,5,7,9-10H2,1-4H3,(H,17,20)/t12-/m0/s1. The van der Waals surface area contributed by atoms with Crippen molar-refractivity contribution in [2.75, 3.05) is 19.6 Å². The molecule has 2 rings (SSSR count). The number of hydrogen-bond donors (Lipinski definition) is 1. The summed E-state index contributed by atoms with van der Waals surface area (Å²) in [5.74, 6) is 0.393. The van der Waals surface area contributed by atoms with Crippen LogP contribution in [0, 0.1) is 12.8 Å². The Morgan fingerprint density at radius 3 is 2.77 bits per heavy atom. The zero-order chi connectivity index (χ0) is 16.3. The number of carbonyl (C=O) groups excluding carboxylic acids is 2. The van der Waals surface area contributed by atoms with Gasteiger partial charge in [0.05, 0.1) is 4.88 Å².